The van der Waals surface area contributed by atoms with Crippen molar-refractivity contribution in [2.24, 2.45) is 0 Å². The van der Waals surface area contributed by atoms with Crippen molar-refractivity contribution in [2.75, 3.05) is 0 Å². The van der Waals surface area contributed by atoms with Crippen molar-refractivity contribution >= 4 is 23.1 Å². The second-order valence-corrected chi connectivity index (χ2v) is 5.68. The molecular formula is C13H15NS2. The quantitative estimate of drug-likeness (QED) is 0.749. The molecule has 0 bridgehead atoms. The summed E-state index contributed by atoms with van der Waals surface area (Å²) in [5.74, 6) is 0.980. The number of thiazole rings is 1. The lowest BCUT2D eigenvalue weighted by Gasteiger charge is -1.99. The first kappa shape index (κ1) is 11.7. The van der Waals surface area contributed by atoms with Gasteiger partial charge in [-0.3, -0.25) is 0 Å². The summed E-state index contributed by atoms with van der Waals surface area (Å²) >= 11 is 3.62. The highest BCUT2D eigenvalue weighted by Gasteiger charge is 2.01. The highest BCUT2D eigenvalue weighted by atomic mass is 32.2. The normalized spacial score (nSPS) is 10.6. The Kier molecular flexibility index (Phi) is 4.02. The van der Waals surface area contributed by atoms with Crippen molar-refractivity contribution in [3.63, 3.8) is 0 Å². The maximum absolute atomic E-state index is 4.56. The molecule has 0 aliphatic rings. The van der Waals surface area contributed by atoms with Gasteiger partial charge >= 0.3 is 0 Å². The minimum absolute atomic E-state index is 0.980. The van der Waals surface area contributed by atoms with Crippen LogP contribution in [-0.2, 0) is 12.2 Å². The van der Waals surface area contributed by atoms with Gasteiger partial charge in [0.15, 0.2) is 0 Å². The first-order chi connectivity index (χ1) is 7.78. The molecular weight excluding hydrogens is 234 g/mol. The average Bonchev–Trinajstić information content (AvgIpc) is 2.76. The number of rotatable bonds is 4. The summed E-state index contributed by atoms with van der Waals surface area (Å²) in [5.41, 5.74) is 2.52. The Labute approximate surface area is 105 Å². The van der Waals surface area contributed by atoms with Crippen LogP contribution in [0.25, 0.3) is 0 Å². The predicted molar refractivity (Wildman–Crippen MR) is 72.2 cm³/mol. The third kappa shape index (κ3) is 3.09. The van der Waals surface area contributed by atoms with Crippen LogP contribution in [0.15, 0.2) is 34.5 Å². The van der Waals surface area contributed by atoms with E-state index in [1.807, 2.05) is 11.8 Å². The highest BCUT2D eigenvalue weighted by Crippen LogP contribution is 2.24. The van der Waals surface area contributed by atoms with Crippen molar-refractivity contribution in [2.45, 2.75) is 30.9 Å². The van der Waals surface area contributed by atoms with E-state index < -0.39 is 0 Å². The minimum atomic E-state index is 0.980. The number of hydrogen-bond donors (Lipinski definition) is 0. The van der Waals surface area contributed by atoms with Gasteiger partial charge in [-0.25, -0.2) is 4.98 Å². The van der Waals surface area contributed by atoms with Gasteiger partial charge < -0.3 is 0 Å². The Hall–Kier alpha value is -0.800. The van der Waals surface area contributed by atoms with Crippen molar-refractivity contribution in [3.8, 4) is 0 Å². The van der Waals surface area contributed by atoms with Crippen LogP contribution in [0.4, 0.5) is 0 Å². The zero-order valence-electron chi connectivity index (χ0n) is 9.56. The molecule has 0 saturated heterocycles. The average molecular weight is 249 g/mol. The van der Waals surface area contributed by atoms with E-state index in [2.05, 4.69) is 48.5 Å². The maximum atomic E-state index is 4.56. The number of thioether (sulfide) groups is 1. The molecule has 0 aliphatic carbocycles. The van der Waals surface area contributed by atoms with Crippen LogP contribution in [0.3, 0.4) is 0 Å². The predicted octanol–water partition coefficient (Wildman–Crippen LogP) is 4.31. The topological polar surface area (TPSA) is 12.9 Å². The van der Waals surface area contributed by atoms with E-state index in [0.717, 1.165) is 12.2 Å². The number of hydrogen-bond acceptors (Lipinski definition) is 3. The van der Waals surface area contributed by atoms with Crippen LogP contribution in [0.1, 0.15) is 23.2 Å². The molecule has 0 atom stereocenters. The summed E-state index contributed by atoms with van der Waals surface area (Å²) in [5, 5.41) is 3.38. The third-order valence-electron chi connectivity index (χ3n) is 2.34. The van der Waals surface area contributed by atoms with Crippen molar-refractivity contribution < 1.29 is 0 Å². The number of aromatic nitrogens is 1. The van der Waals surface area contributed by atoms with Gasteiger partial charge in [0.1, 0.15) is 5.01 Å². The molecule has 0 unspecified atom stereocenters. The van der Waals surface area contributed by atoms with E-state index in [4.69, 9.17) is 0 Å². The molecule has 0 fully saturated rings. The maximum Gasteiger partial charge on any atom is 0.103 e. The van der Waals surface area contributed by atoms with E-state index in [1.165, 1.54) is 21.2 Å². The van der Waals surface area contributed by atoms with Gasteiger partial charge in [-0.05, 0) is 25.5 Å². The van der Waals surface area contributed by atoms with Crippen molar-refractivity contribution in [3.05, 3.63) is 45.9 Å². The van der Waals surface area contributed by atoms with Crippen LogP contribution < -0.4 is 0 Å². The second-order valence-electron chi connectivity index (χ2n) is 3.69. The summed E-state index contributed by atoms with van der Waals surface area (Å²) in [6.07, 6.45) is 1.03. The summed E-state index contributed by atoms with van der Waals surface area (Å²) in [4.78, 5) is 5.88. The second kappa shape index (κ2) is 5.51. The lowest BCUT2D eigenvalue weighted by Crippen LogP contribution is -1.82. The summed E-state index contributed by atoms with van der Waals surface area (Å²) in [6, 6.07) is 8.66. The molecule has 1 aromatic carbocycles. The van der Waals surface area contributed by atoms with Gasteiger partial charge in [0.25, 0.3) is 0 Å². The minimum Gasteiger partial charge on any atom is -0.245 e. The molecule has 84 valence electrons. The molecule has 0 amide bonds. The van der Waals surface area contributed by atoms with Crippen LogP contribution in [0, 0.1) is 6.92 Å². The monoisotopic (exact) mass is 249 g/mol. The summed E-state index contributed by atoms with van der Waals surface area (Å²) in [6.45, 7) is 4.26. The number of benzene rings is 1. The van der Waals surface area contributed by atoms with Gasteiger partial charge in [-0.2, -0.15) is 0 Å². The standard InChI is InChI=1S/C13H15NS2/c1-3-11-8-16-13(14-11)9-15-12-6-4-10(2)5-7-12/h4-8H,3,9H2,1-2H3. The lowest BCUT2D eigenvalue weighted by molar-refractivity contribution is 1.04. The van der Waals surface area contributed by atoms with Gasteiger partial charge in [0.2, 0.25) is 0 Å². The number of nitrogens with zero attached hydrogens (tertiary/aromatic N) is 1. The molecule has 1 aromatic heterocycles. The molecule has 16 heavy (non-hydrogen) atoms. The Balaban J connectivity index is 1.94. The molecule has 0 spiro atoms. The molecule has 0 aliphatic heterocycles. The third-order valence-corrected chi connectivity index (χ3v) is 4.45. The molecule has 3 heteroatoms. The largest absolute Gasteiger partial charge is 0.245 e. The Morgan fingerprint density at radius 1 is 1.25 bits per heavy atom. The smallest absolute Gasteiger partial charge is 0.103 e. The fourth-order valence-electron chi connectivity index (χ4n) is 1.36. The zero-order valence-corrected chi connectivity index (χ0v) is 11.2. The Morgan fingerprint density at radius 3 is 2.62 bits per heavy atom. The van der Waals surface area contributed by atoms with Gasteiger partial charge in [0, 0.05) is 10.3 Å². The van der Waals surface area contributed by atoms with Crippen LogP contribution >= 0.6 is 23.1 Å². The number of aryl methyl sites for hydroxylation is 2. The SMILES string of the molecule is CCc1csc(CSc2ccc(C)cc2)n1. The van der Waals surface area contributed by atoms with Gasteiger partial charge in [0.05, 0.1) is 11.4 Å². The lowest BCUT2D eigenvalue weighted by atomic mass is 10.2. The van der Waals surface area contributed by atoms with Crippen LogP contribution in [-0.4, -0.2) is 4.98 Å². The van der Waals surface area contributed by atoms with Gasteiger partial charge in [-0.15, -0.1) is 23.1 Å². The van der Waals surface area contributed by atoms with Crippen molar-refractivity contribution in [1.29, 1.82) is 0 Å². The van der Waals surface area contributed by atoms with E-state index >= 15 is 0 Å². The van der Waals surface area contributed by atoms with E-state index in [0.29, 0.717) is 0 Å². The van der Waals surface area contributed by atoms with E-state index in [9.17, 15) is 0 Å². The Bertz CT molecular complexity index is 445. The molecule has 0 saturated carbocycles. The van der Waals surface area contributed by atoms with Crippen LogP contribution in [0.2, 0.25) is 0 Å². The van der Waals surface area contributed by atoms with Crippen LogP contribution in [0.5, 0.6) is 0 Å². The Morgan fingerprint density at radius 2 is 2.00 bits per heavy atom. The highest BCUT2D eigenvalue weighted by molar-refractivity contribution is 7.98. The molecule has 2 rings (SSSR count). The summed E-state index contributed by atoms with van der Waals surface area (Å²) < 4.78 is 0. The molecule has 1 heterocycles. The van der Waals surface area contributed by atoms with E-state index in [1.54, 1.807) is 11.3 Å². The first-order valence-corrected chi connectivity index (χ1v) is 7.27. The fraction of sp³-hybridized carbons (Fsp3) is 0.308. The molecule has 1 nitrogen and oxygen atoms in total. The molecule has 0 N–H and O–H groups in total. The molecule has 2 aromatic rings. The van der Waals surface area contributed by atoms with Gasteiger partial charge in [-0.1, -0.05) is 24.6 Å². The van der Waals surface area contributed by atoms with Crippen molar-refractivity contribution in [1.82, 2.24) is 4.98 Å². The zero-order chi connectivity index (χ0) is 11.4. The molecule has 0 radical (unpaired) electrons. The van der Waals surface area contributed by atoms with E-state index in [-0.39, 0.29) is 0 Å². The first-order valence-electron chi connectivity index (χ1n) is 5.40. The fourth-order valence-corrected chi connectivity index (χ4v) is 3.15. The summed E-state index contributed by atoms with van der Waals surface area (Å²) in [7, 11) is 0.